The van der Waals surface area contributed by atoms with E-state index in [4.69, 9.17) is 44.3 Å². The molecule has 1 saturated carbocycles. The SMILES string of the molecule is CC1(C(=O)O)CC(N2CCOC(C3CN(c4cc(OCc5ccc(Cl)cc5Cl)c(Cl)cn4)C3)C2)C1. The van der Waals surface area contributed by atoms with Crippen LogP contribution in [0.15, 0.2) is 30.5 Å². The van der Waals surface area contributed by atoms with E-state index in [0.29, 0.717) is 52.2 Å². The molecule has 1 aromatic heterocycles. The Morgan fingerprint density at radius 1 is 1.20 bits per heavy atom. The first-order chi connectivity index (χ1) is 16.7. The molecular formula is C25H28Cl3N3O4. The minimum atomic E-state index is -0.691. The summed E-state index contributed by atoms with van der Waals surface area (Å²) < 4.78 is 12.0. The van der Waals surface area contributed by atoms with Crippen LogP contribution in [0.3, 0.4) is 0 Å². The van der Waals surface area contributed by atoms with Crippen molar-refractivity contribution in [2.24, 2.45) is 11.3 Å². The van der Waals surface area contributed by atoms with Crippen LogP contribution < -0.4 is 9.64 Å². The lowest BCUT2D eigenvalue weighted by Gasteiger charge is -2.52. The van der Waals surface area contributed by atoms with E-state index in [0.717, 1.165) is 37.6 Å². The molecule has 3 heterocycles. The zero-order chi connectivity index (χ0) is 24.7. The monoisotopic (exact) mass is 539 g/mol. The summed E-state index contributed by atoms with van der Waals surface area (Å²) in [7, 11) is 0. The van der Waals surface area contributed by atoms with Crippen molar-refractivity contribution in [1.29, 1.82) is 0 Å². The molecule has 0 spiro atoms. The van der Waals surface area contributed by atoms with Gasteiger partial charge in [0.2, 0.25) is 0 Å². The predicted octanol–water partition coefficient (Wildman–Crippen LogP) is 5.01. The molecule has 2 aromatic rings. The van der Waals surface area contributed by atoms with Gasteiger partial charge in [0.15, 0.2) is 0 Å². The summed E-state index contributed by atoms with van der Waals surface area (Å²) >= 11 is 18.5. The first-order valence-corrected chi connectivity index (χ1v) is 12.9. The number of aliphatic carboxylic acids is 1. The highest BCUT2D eigenvalue weighted by atomic mass is 35.5. The molecule has 2 aliphatic heterocycles. The van der Waals surface area contributed by atoms with Gasteiger partial charge in [-0.3, -0.25) is 9.69 Å². The zero-order valence-corrected chi connectivity index (χ0v) is 21.7. The Kier molecular flexibility index (Phi) is 7.07. The number of aromatic nitrogens is 1. The summed E-state index contributed by atoms with van der Waals surface area (Å²) in [6.45, 7) is 6.20. The highest BCUT2D eigenvalue weighted by Crippen LogP contribution is 2.44. The van der Waals surface area contributed by atoms with Crippen LogP contribution in [0, 0.1) is 11.3 Å². The normalized spacial score (nSPS) is 27.3. The number of morpholine rings is 1. The molecule has 0 bridgehead atoms. The van der Waals surface area contributed by atoms with E-state index in [1.165, 1.54) is 0 Å². The Balaban J connectivity index is 1.15. The van der Waals surface area contributed by atoms with Gasteiger partial charge in [-0.15, -0.1) is 0 Å². The fourth-order valence-corrected chi connectivity index (χ4v) is 5.77. The summed E-state index contributed by atoms with van der Waals surface area (Å²) in [5, 5.41) is 11.0. The lowest BCUT2D eigenvalue weighted by molar-refractivity contribution is -0.161. The lowest BCUT2D eigenvalue weighted by atomic mass is 9.66. The number of halogens is 3. The van der Waals surface area contributed by atoms with Crippen molar-refractivity contribution in [3.63, 3.8) is 0 Å². The number of hydrogen-bond donors (Lipinski definition) is 1. The number of carboxylic acid groups (broad SMARTS) is 1. The summed E-state index contributed by atoms with van der Waals surface area (Å²) in [5.41, 5.74) is 0.244. The van der Waals surface area contributed by atoms with E-state index in [2.05, 4.69) is 14.8 Å². The van der Waals surface area contributed by atoms with Crippen LogP contribution in [0.25, 0.3) is 0 Å². The number of carbonyl (C=O) groups is 1. The number of ether oxygens (including phenoxy) is 2. The standard InChI is InChI=1S/C25H28Cl3N3O4/c1-25(24(32)33)8-18(9-25)30-4-5-34-22(13-30)16-11-31(12-16)23-7-21(20(28)10-29-23)35-14-15-2-3-17(26)6-19(15)27/h2-3,6-7,10,16,18,22H,4-5,8-9,11-14H2,1H3,(H,32,33). The number of hydrogen-bond acceptors (Lipinski definition) is 6. The fraction of sp³-hybridized carbons (Fsp3) is 0.520. The van der Waals surface area contributed by atoms with Crippen molar-refractivity contribution in [2.45, 2.75) is 38.5 Å². The summed E-state index contributed by atoms with van der Waals surface area (Å²) in [6.07, 6.45) is 3.18. The maximum Gasteiger partial charge on any atom is 0.309 e. The van der Waals surface area contributed by atoms with Crippen molar-refractivity contribution < 1.29 is 19.4 Å². The molecule has 1 atom stereocenters. The largest absolute Gasteiger partial charge is 0.487 e. The van der Waals surface area contributed by atoms with Crippen molar-refractivity contribution in [1.82, 2.24) is 9.88 Å². The van der Waals surface area contributed by atoms with Crippen LogP contribution in [0.2, 0.25) is 15.1 Å². The molecule has 3 fully saturated rings. The number of anilines is 1. The van der Waals surface area contributed by atoms with Gasteiger partial charge in [0, 0.05) is 59.8 Å². The first-order valence-electron chi connectivity index (χ1n) is 11.8. The summed E-state index contributed by atoms with van der Waals surface area (Å²) in [5.74, 6) is 1.08. The number of carboxylic acids is 1. The van der Waals surface area contributed by atoms with Crippen LogP contribution >= 0.6 is 34.8 Å². The average molecular weight is 541 g/mol. The smallest absolute Gasteiger partial charge is 0.309 e. The van der Waals surface area contributed by atoms with Crippen LogP contribution in [0.5, 0.6) is 5.75 Å². The molecule has 10 heteroatoms. The predicted molar refractivity (Wildman–Crippen MR) is 136 cm³/mol. The van der Waals surface area contributed by atoms with Gasteiger partial charge in [0.1, 0.15) is 23.2 Å². The second kappa shape index (κ2) is 9.94. The van der Waals surface area contributed by atoms with Gasteiger partial charge in [-0.05, 0) is 31.9 Å². The van der Waals surface area contributed by atoms with Crippen molar-refractivity contribution in [3.8, 4) is 5.75 Å². The van der Waals surface area contributed by atoms with Crippen molar-refractivity contribution in [2.75, 3.05) is 37.7 Å². The van der Waals surface area contributed by atoms with Crippen LogP contribution in [-0.4, -0.2) is 65.9 Å². The molecule has 1 N–H and O–H groups in total. The number of benzene rings is 1. The van der Waals surface area contributed by atoms with Gasteiger partial charge in [-0.25, -0.2) is 4.98 Å². The third-order valence-corrected chi connectivity index (χ3v) is 8.36. The zero-order valence-electron chi connectivity index (χ0n) is 19.4. The van der Waals surface area contributed by atoms with Gasteiger partial charge in [-0.2, -0.15) is 0 Å². The Morgan fingerprint density at radius 2 is 1.97 bits per heavy atom. The lowest BCUT2D eigenvalue weighted by Crippen LogP contribution is -2.61. The minimum Gasteiger partial charge on any atom is -0.487 e. The molecule has 188 valence electrons. The Morgan fingerprint density at radius 3 is 2.69 bits per heavy atom. The summed E-state index contributed by atoms with van der Waals surface area (Å²) in [6, 6.07) is 7.49. The molecular weight excluding hydrogens is 513 g/mol. The molecule has 35 heavy (non-hydrogen) atoms. The molecule has 2 saturated heterocycles. The topological polar surface area (TPSA) is 75.1 Å². The van der Waals surface area contributed by atoms with Crippen LogP contribution in [0.1, 0.15) is 25.3 Å². The van der Waals surface area contributed by atoms with E-state index in [9.17, 15) is 9.90 Å². The van der Waals surface area contributed by atoms with E-state index in [1.807, 2.05) is 19.1 Å². The van der Waals surface area contributed by atoms with Crippen molar-refractivity contribution >= 4 is 46.6 Å². The molecule has 1 aromatic carbocycles. The van der Waals surface area contributed by atoms with Crippen LogP contribution in [-0.2, 0) is 16.1 Å². The van der Waals surface area contributed by atoms with E-state index >= 15 is 0 Å². The molecule has 3 aliphatic rings. The van der Waals surface area contributed by atoms with Gasteiger partial charge in [0.25, 0.3) is 0 Å². The first kappa shape index (κ1) is 24.9. The number of pyridine rings is 1. The minimum absolute atomic E-state index is 0.145. The molecule has 0 radical (unpaired) electrons. The Hall–Kier alpha value is -1.77. The highest BCUT2D eigenvalue weighted by Gasteiger charge is 2.50. The Labute approximate surface area is 219 Å². The molecule has 1 unspecified atom stereocenters. The molecule has 7 nitrogen and oxygen atoms in total. The highest BCUT2D eigenvalue weighted by molar-refractivity contribution is 6.35. The second-order valence-corrected chi connectivity index (χ2v) is 11.2. The fourth-order valence-electron chi connectivity index (χ4n) is 5.15. The van der Waals surface area contributed by atoms with Crippen molar-refractivity contribution in [3.05, 3.63) is 51.1 Å². The second-order valence-electron chi connectivity index (χ2n) is 9.99. The van der Waals surface area contributed by atoms with Gasteiger partial charge < -0.3 is 19.5 Å². The quantitative estimate of drug-likeness (QED) is 0.529. The molecule has 0 amide bonds. The average Bonchev–Trinajstić information content (AvgIpc) is 2.77. The summed E-state index contributed by atoms with van der Waals surface area (Å²) in [4.78, 5) is 20.5. The number of rotatable bonds is 7. The third-order valence-electron chi connectivity index (χ3n) is 7.49. The maximum atomic E-state index is 11.4. The van der Waals surface area contributed by atoms with E-state index < -0.39 is 11.4 Å². The molecule has 1 aliphatic carbocycles. The van der Waals surface area contributed by atoms with E-state index in [-0.39, 0.29) is 12.7 Å². The van der Waals surface area contributed by atoms with E-state index in [1.54, 1.807) is 18.3 Å². The molecule has 5 rings (SSSR count). The van der Waals surface area contributed by atoms with Gasteiger partial charge in [-0.1, -0.05) is 40.9 Å². The van der Waals surface area contributed by atoms with Gasteiger partial charge in [0.05, 0.1) is 24.3 Å². The van der Waals surface area contributed by atoms with Crippen LogP contribution in [0.4, 0.5) is 5.82 Å². The maximum absolute atomic E-state index is 11.4. The van der Waals surface area contributed by atoms with Gasteiger partial charge >= 0.3 is 5.97 Å². The number of nitrogens with zero attached hydrogens (tertiary/aromatic N) is 3. The Bertz CT molecular complexity index is 1110. The third kappa shape index (κ3) is 5.20.